The molecule has 0 aliphatic rings. The molecule has 0 bridgehead atoms. The number of benzene rings is 3. The SMILES string of the molecule is O=C(CCc1ccccc1)CC(Cc1ccccc1)=NOCc1ccccc1. The van der Waals surface area contributed by atoms with E-state index < -0.39 is 0 Å². The minimum Gasteiger partial charge on any atom is -0.391 e. The van der Waals surface area contributed by atoms with Gasteiger partial charge in [-0.25, -0.2) is 0 Å². The predicted molar refractivity (Wildman–Crippen MR) is 113 cm³/mol. The lowest BCUT2D eigenvalue weighted by Crippen LogP contribution is -2.12. The van der Waals surface area contributed by atoms with Crippen LogP contribution in [0, 0.1) is 0 Å². The van der Waals surface area contributed by atoms with Crippen molar-refractivity contribution in [2.75, 3.05) is 0 Å². The second-order valence-electron chi connectivity index (χ2n) is 6.78. The van der Waals surface area contributed by atoms with Crippen LogP contribution in [0.3, 0.4) is 0 Å². The molecular formula is C25H25NO2. The van der Waals surface area contributed by atoms with Crippen molar-refractivity contribution in [3.63, 3.8) is 0 Å². The molecule has 3 heteroatoms. The quantitative estimate of drug-likeness (QED) is 0.354. The molecule has 3 nitrogen and oxygen atoms in total. The van der Waals surface area contributed by atoms with Crippen LogP contribution in [-0.2, 0) is 29.1 Å². The first-order valence-electron chi connectivity index (χ1n) is 9.61. The molecule has 142 valence electrons. The van der Waals surface area contributed by atoms with E-state index in [2.05, 4.69) is 17.3 Å². The first-order valence-corrected chi connectivity index (χ1v) is 9.61. The number of ketones is 1. The molecule has 0 fully saturated rings. The van der Waals surface area contributed by atoms with Crippen LogP contribution in [0.4, 0.5) is 0 Å². The number of nitrogens with zero attached hydrogens (tertiary/aromatic N) is 1. The van der Waals surface area contributed by atoms with Crippen molar-refractivity contribution in [3.8, 4) is 0 Å². The molecule has 0 aromatic heterocycles. The number of carbonyl (C=O) groups excluding carboxylic acids is 1. The van der Waals surface area contributed by atoms with Crippen molar-refractivity contribution in [2.45, 2.75) is 32.3 Å². The Morgan fingerprint density at radius 1 is 0.714 bits per heavy atom. The number of oxime groups is 1. The van der Waals surface area contributed by atoms with Crippen LogP contribution in [0.1, 0.15) is 29.5 Å². The number of rotatable bonds is 10. The summed E-state index contributed by atoms with van der Waals surface area (Å²) in [7, 11) is 0. The van der Waals surface area contributed by atoms with Gasteiger partial charge in [0.1, 0.15) is 12.4 Å². The lowest BCUT2D eigenvalue weighted by Gasteiger charge is -2.08. The summed E-state index contributed by atoms with van der Waals surface area (Å²) in [5.41, 5.74) is 4.12. The fraction of sp³-hybridized carbons (Fsp3) is 0.200. The van der Waals surface area contributed by atoms with Crippen molar-refractivity contribution in [2.24, 2.45) is 5.16 Å². The number of hydrogen-bond acceptors (Lipinski definition) is 3. The molecule has 0 saturated heterocycles. The fourth-order valence-corrected chi connectivity index (χ4v) is 2.98. The van der Waals surface area contributed by atoms with Gasteiger partial charge in [0.25, 0.3) is 0 Å². The standard InChI is InChI=1S/C25H25NO2/c27-25(17-16-21-10-4-1-5-11-21)19-24(18-22-12-6-2-7-13-22)26-28-20-23-14-8-3-9-15-23/h1-15H,16-20H2. The monoisotopic (exact) mass is 371 g/mol. The minimum atomic E-state index is 0.182. The first kappa shape index (κ1) is 19.6. The van der Waals surface area contributed by atoms with Gasteiger partial charge in [0.2, 0.25) is 0 Å². The highest BCUT2D eigenvalue weighted by molar-refractivity contribution is 6.02. The van der Waals surface area contributed by atoms with Crippen LogP contribution in [0.2, 0.25) is 0 Å². The molecule has 0 N–H and O–H groups in total. The van der Waals surface area contributed by atoms with Crippen molar-refractivity contribution < 1.29 is 9.63 Å². The van der Waals surface area contributed by atoms with Gasteiger partial charge in [-0.3, -0.25) is 4.79 Å². The van der Waals surface area contributed by atoms with Crippen LogP contribution in [0.15, 0.2) is 96.2 Å². The average Bonchev–Trinajstić information content (AvgIpc) is 2.74. The number of Topliss-reactive ketones (excluding diaryl/α,β-unsaturated/α-hetero) is 1. The van der Waals surface area contributed by atoms with Crippen LogP contribution in [0.25, 0.3) is 0 Å². The Bertz CT molecular complexity index is 874. The third-order valence-electron chi connectivity index (χ3n) is 4.46. The van der Waals surface area contributed by atoms with E-state index in [1.807, 2.05) is 78.9 Å². The summed E-state index contributed by atoms with van der Waals surface area (Å²) in [5, 5.41) is 4.31. The lowest BCUT2D eigenvalue weighted by molar-refractivity contribution is -0.117. The highest BCUT2D eigenvalue weighted by atomic mass is 16.6. The van der Waals surface area contributed by atoms with Gasteiger partial charge in [0, 0.05) is 19.3 Å². The third kappa shape index (κ3) is 6.84. The molecule has 0 spiro atoms. The summed E-state index contributed by atoms with van der Waals surface area (Å²) in [6, 6.07) is 30.1. The average molecular weight is 371 g/mol. The van der Waals surface area contributed by atoms with Gasteiger partial charge in [-0.1, -0.05) is 96.2 Å². The minimum absolute atomic E-state index is 0.182. The molecular weight excluding hydrogens is 346 g/mol. The highest BCUT2D eigenvalue weighted by Gasteiger charge is 2.10. The van der Waals surface area contributed by atoms with Gasteiger partial charge in [0.05, 0.1) is 5.71 Å². The van der Waals surface area contributed by atoms with Crippen LogP contribution in [-0.4, -0.2) is 11.5 Å². The summed E-state index contributed by atoms with van der Waals surface area (Å²) in [6.45, 7) is 0.400. The van der Waals surface area contributed by atoms with Gasteiger partial charge in [-0.05, 0) is 23.1 Å². The summed E-state index contributed by atoms with van der Waals surface area (Å²) < 4.78 is 0. The topological polar surface area (TPSA) is 38.7 Å². The van der Waals surface area contributed by atoms with E-state index in [0.717, 1.165) is 23.3 Å². The van der Waals surface area contributed by atoms with Crippen molar-refractivity contribution in [1.82, 2.24) is 0 Å². The highest BCUT2D eigenvalue weighted by Crippen LogP contribution is 2.09. The van der Waals surface area contributed by atoms with Gasteiger partial charge < -0.3 is 4.84 Å². The lowest BCUT2D eigenvalue weighted by atomic mass is 10.0. The molecule has 3 aromatic rings. The molecule has 0 aliphatic carbocycles. The Balaban J connectivity index is 1.59. The number of carbonyl (C=O) groups is 1. The third-order valence-corrected chi connectivity index (χ3v) is 4.46. The largest absolute Gasteiger partial charge is 0.391 e. The second-order valence-corrected chi connectivity index (χ2v) is 6.78. The normalized spacial score (nSPS) is 11.2. The van der Waals surface area contributed by atoms with E-state index in [-0.39, 0.29) is 5.78 Å². The molecule has 0 amide bonds. The predicted octanol–water partition coefficient (Wildman–Crippen LogP) is 5.39. The van der Waals surface area contributed by atoms with Crippen LogP contribution < -0.4 is 0 Å². The van der Waals surface area contributed by atoms with Gasteiger partial charge >= 0.3 is 0 Å². The van der Waals surface area contributed by atoms with Gasteiger partial charge in [0.15, 0.2) is 0 Å². The Morgan fingerprint density at radius 3 is 1.86 bits per heavy atom. The van der Waals surface area contributed by atoms with Gasteiger partial charge in [-0.15, -0.1) is 0 Å². The molecule has 3 aromatic carbocycles. The Hall–Kier alpha value is -3.20. The van der Waals surface area contributed by atoms with E-state index in [1.165, 1.54) is 5.56 Å². The van der Waals surface area contributed by atoms with Crippen molar-refractivity contribution in [3.05, 3.63) is 108 Å². The maximum atomic E-state index is 12.5. The van der Waals surface area contributed by atoms with Gasteiger partial charge in [-0.2, -0.15) is 0 Å². The summed E-state index contributed by atoms with van der Waals surface area (Å²) in [4.78, 5) is 18.1. The molecule has 3 rings (SSSR count). The van der Waals surface area contributed by atoms with Crippen LogP contribution >= 0.6 is 0 Å². The van der Waals surface area contributed by atoms with E-state index in [0.29, 0.717) is 25.9 Å². The van der Waals surface area contributed by atoms with Crippen LogP contribution in [0.5, 0.6) is 0 Å². The maximum absolute atomic E-state index is 12.5. The zero-order valence-corrected chi connectivity index (χ0v) is 16.0. The molecule has 0 atom stereocenters. The van der Waals surface area contributed by atoms with Crippen molar-refractivity contribution >= 4 is 11.5 Å². The van der Waals surface area contributed by atoms with E-state index in [1.54, 1.807) is 0 Å². The zero-order chi connectivity index (χ0) is 19.4. The summed E-state index contributed by atoms with van der Waals surface area (Å²) in [6.07, 6.45) is 2.20. The Labute approximate surface area is 166 Å². The maximum Gasteiger partial charge on any atom is 0.142 e. The molecule has 0 unspecified atom stereocenters. The number of hydrogen-bond donors (Lipinski definition) is 0. The van der Waals surface area contributed by atoms with Crippen molar-refractivity contribution in [1.29, 1.82) is 0 Å². The molecule has 0 radical (unpaired) electrons. The van der Waals surface area contributed by atoms with E-state index >= 15 is 0 Å². The first-order chi connectivity index (χ1) is 13.8. The zero-order valence-electron chi connectivity index (χ0n) is 16.0. The second kappa shape index (κ2) is 10.8. The molecule has 0 heterocycles. The smallest absolute Gasteiger partial charge is 0.142 e. The molecule has 0 saturated carbocycles. The summed E-state index contributed by atoms with van der Waals surface area (Å²) >= 11 is 0. The van der Waals surface area contributed by atoms with E-state index in [4.69, 9.17) is 4.84 Å². The Kier molecular flexibility index (Phi) is 7.56. The fourth-order valence-electron chi connectivity index (χ4n) is 2.98. The molecule has 28 heavy (non-hydrogen) atoms. The van der Waals surface area contributed by atoms with E-state index in [9.17, 15) is 4.79 Å². The number of aryl methyl sites for hydroxylation is 1. The summed E-state index contributed by atoms with van der Waals surface area (Å²) in [5.74, 6) is 0.182. The molecule has 0 aliphatic heterocycles. The Morgan fingerprint density at radius 2 is 1.25 bits per heavy atom.